The largest absolute Gasteiger partial charge is 0.478 e. The Balaban J connectivity index is 2.00. The van der Waals surface area contributed by atoms with Crippen molar-refractivity contribution in [1.29, 1.82) is 0 Å². The summed E-state index contributed by atoms with van der Waals surface area (Å²) in [7, 11) is 0. The molecule has 1 aliphatic rings. The van der Waals surface area contributed by atoms with Crippen molar-refractivity contribution >= 4 is 5.97 Å². The van der Waals surface area contributed by atoms with Crippen molar-refractivity contribution in [1.82, 2.24) is 9.55 Å². The molecule has 0 bridgehead atoms. The smallest absolute Gasteiger partial charge is 0.331 e. The Hall–Kier alpha value is -1.62. The molecule has 1 saturated carbocycles. The van der Waals surface area contributed by atoms with Crippen molar-refractivity contribution in [3.63, 3.8) is 0 Å². The number of carbonyl (C=O) groups is 1. The van der Waals surface area contributed by atoms with E-state index in [0.29, 0.717) is 36.4 Å². The quantitative estimate of drug-likeness (QED) is 0.792. The summed E-state index contributed by atoms with van der Waals surface area (Å²) < 4.78 is 2.16. The second-order valence-corrected chi connectivity index (χ2v) is 7.00. The lowest BCUT2D eigenvalue weighted by Gasteiger charge is -2.34. The second kappa shape index (κ2) is 7.09. The fraction of sp³-hybridized carbons (Fsp3) is 0.647. The zero-order valence-electron chi connectivity index (χ0n) is 13.6. The molecule has 5 nitrogen and oxygen atoms in total. The number of carboxylic acid groups (broad SMARTS) is 1. The fourth-order valence-corrected chi connectivity index (χ4v) is 3.04. The molecule has 2 rings (SSSR count). The molecule has 0 spiro atoms. The van der Waals surface area contributed by atoms with Crippen LogP contribution in [0.2, 0.25) is 0 Å². The van der Waals surface area contributed by atoms with Gasteiger partial charge in [-0.05, 0) is 44.1 Å². The highest BCUT2D eigenvalue weighted by Gasteiger charge is 2.27. The van der Waals surface area contributed by atoms with Gasteiger partial charge in [-0.25, -0.2) is 9.78 Å². The molecular formula is C17H27N3O2. The van der Waals surface area contributed by atoms with Gasteiger partial charge in [-0.2, -0.15) is 0 Å². The van der Waals surface area contributed by atoms with Crippen molar-refractivity contribution in [2.75, 3.05) is 6.54 Å². The first-order valence-corrected chi connectivity index (χ1v) is 8.06. The van der Waals surface area contributed by atoms with E-state index in [2.05, 4.69) is 23.4 Å². The first kappa shape index (κ1) is 16.7. The standard InChI is InChI=1S/C17H27N3O2/c1-17(2)7-5-15(6-8-17)20-11-14(19-12-20)10-13(16(21)22)4-3-9-18/h4,11-12,15H,3,5-10,18H2,1-2H3,(H,21,22)/b13-4-. The van der Waals surface area contributed by atoms with Gasteiger partial charge in [-0.3, -0.25) is 0 Å². The first-order chi connectivity index (χ1) is 10.4. The third-order valence-corrected chi connectivity index (χ3v) is 4.59. The van der Waals surface area contributed by atoms with Crippen LogP contribution in [-0.2, 0) is 11.2 Å². The maximum absolute atomic E-state index is 11.2. The van der Waals surface area contributed by atoms with Crippen molar-refractivity contribution in [2.45, 2.75) is 58.4 Å². The topological polar surface area (TPSA) is 81.1 Å². The predicted molar refractivity (Wildman–Crippen MR) is 86.6 cm³/mol. The van der Waals surface area contributed by atoms with Crippen molar-refractivity contribution in [3.8, 4) is 0 Å². The summed E-state index contributed by atoms with van der Waals surface area (Å²) in [5.74, 6) is -0.887. The number of rotatable bonds is 6. The number of carboxylic acids is 1. The van der Waals surface area contributed by atoms with Crippen LogP contribution in [0.4, 0.5) is 0 Å². The van der Waals surface area contributed by atoms with E-state index in [1.165, 1.54) is 12.8 Å². The van der Waals surface area contributed by atoms with Crippen LogP contribution in [0, 0.1) is 5.41 Å². The molecular weight excluding hydrogens is 278 g/mol. The maximum atomic E-state index is 11.2. The Morgan fingerprint density at radius 3 is 2.77 bits per heavy atom. The van der Waals surface area contributed by atoms with Crippen LogP contribution in [0.5, 0.6) is 0 Å². The minimum Gasteiger partial charge on any atom is -0.478 e. The molecule has 1 aliphatic carbocycles. The summed E-state index contributed by atoms with van der Waals surface area (Å²) in [5.41, 5.74) is 7.07. The van der Waals surface area contributed by atoms with Gasteiger partial charge in [-0.1, -0.05) is 19.9 Å². The minimum absolute atomic E-state index is 0.362. The molecule has 0 radical (unpaired) electrons. The Morgan fingerprint density at radius 1 is 1.50 bits per heavy atom. The van der Waals surface area contributed by atoms with E-state index in [0.717, 1.165) is 18.5 Å². The fourth-order valence-electron chi connectivity index (χ4n) is 3.04. The van der Waals surface area contributed by atoms with Crippen LogP contribution in [0.3, 0.4) is 0 Å². The minimum atomic E-state index is -0.887. The first-order valence-electron chi connectivity index (χ1n) is 8.06. The molecule has 0 amide bonds. The highest BCUT2D eigenvalue weighted by atomic mass is 16.4. The van der Waals surface area contributed by atoms with E-state index in [-0.39, 0.29) is 0 Å². The van der Waals surface area contributed by atoms with Gasteiger partial charge in [0.15, 0.2) is 0 Å². The number of nitrogens with zero attached hydrogens (tertiary/aromatic N) is 2. The van der Waals surface area contributed by atoms with Gasteiger partial charge >= 0.3 is 5.97 Å². The summed E-state index contributed by atoms with van der Waals surface area (Å²) in [5, 5.41) is 9.23. The molecule has 3 N–H and O–H groups in total. The number of imidazole rings is 1. The van der Waals surface area contributed by atoms with Crippen LogP contribution in [0.25, 0.3) is 0 Å². The van der Waals surface area contributed by atoms with Gasteiger partial charge in [0.1, 0.15) is 0 Å². The second-order valence-electron chi connectivity index (χ2n) is 7.00. The number of hydrogen-bond donors (Lipinski definition) is 2. The summed E-state index contributed by atoms with van der Waals surface area (Å²) in [6.45, 7) is 5.11. The van der Waals surface area contributed by atoms with Crippen LogP contribution >= 0.6 is 0 Å². The van der Waals surface area contributed by atoms with Crippen LogP contribution in [0.1, 0.15) is 57.7 Å². The van der Waals surface area contributed by atoms with Crippen LogP contribution < -0.4 is 5.73 Å². The maximum Gasteiger partial charge on any atom is 0.331 e. The van der Waals surface area contributed by atoms with Gasteiger partial charge in [0.2, 0.25) is 0 Å². The molecule has 22 heavy (non-hydrogen) atoms. The van der Waals surface area contributed by atoms with Crippen molar-refractivity contribution in [3.05, 3.63) is 29.9 Å². The van der Waals surface area contributed by atoms with Gasteiger partial charge in [-0.15, -0.1) is 0 Å². The number of aliphatic carboxylic acids is 1. The Bertz CT molecular complexity index is 536. The highest BCUT2D eigenvalue weighted by molar-refractivity contribution is 5.86. The molecule has 1 fully saturated rings. The SMILES string of the molecule is CC1(C)CCC(n2cnc(C/C(=C/CCN)C(=O)O)c2)CC1. The van der Waals surface area contributed by atoms with E-state index in [9.17, 15) is 9.90 Å². The number of aromatic nitrogens is 2. The summed E-state index contributed by atoms with van der Waals surface area (Å²) >= 11 is 0. The lowest BCUT2D eigenvalue weighted by molar-refractivity contribution is -0.132. The highest BCUT2D eigenvalue weighted by Crippen LogP contribution is 2.40. The Morgan fingerprint density at radius 2 is 2.18 bits per heavy atom. The lowest BCUT2D eigenvalue weighted by atomic mass is 9.75. The van der Waals surface area contributed by atoms with Crippen molar-refractivity contribution < 1.29 is 9.90 Å². The number of nitrogens with two attached hydrogens (primary N) is 1. The van der Waals surface area contributed by atoms with Crippen LogP contribution in [-0.4, -0.2) is 27.2 Å². The van der Waals surface area contributed by atoms with E-state index < -0.39 is 5.97 Å². The van der Waals surface area contributed by atoms with Gasteiger partial charge < -0.3 is 15.4 Å². The number of hydrogen-bond acceptors (Lipinski definition) is 3. The molecule has 0 aliphatic heterocycles. The Labute approximate surface area is 132 Å². The molecule has 0 aromatic carbocycles. The summed E-state index contributed by atoms with van der Waals surface area (Å²) in [6.07, 6.45) is 11.3. The molecule has 0 unspecified atom stereocenters. The van der Waals surface area contributed by atoms with Gasteiger partial charge in [0.25, 0.3) is 0 Å². The molecule has 5 heteroatoms. The van der Waals surface area contributed by atoms with Gasteiger partial charge in [0.05, 0.1) is 12.0 Å². The third kappa shape index (κ3) is 4.44. The van der Waals surface area contributed by atoms with E-state index in [1.807, 2.05) is 12.5 Å². The van der Waals surface area contributed by atoms with Crippen molar-refractivity contribution in [2.24, 2.45) is 11.1 Å². The average Bonchev–Trinajstić information content (AvgIpc) is 2.91. The third-order valence-electron chi connectivity index (χ3n) is 4.59. The molecule has 0 saturated heterocycles. The monoisotopic (exact) mass is 305 g/mol. The lowest BCUT2D eigenvalue weighted by Crippen LogP contribution is -2.22. The van der Waals surface area contributed by atoms with E-state index in [4.69, 9.17) is 5.73 Å². The molecule has 0 atom stereocenters. The summed E-state index contributed by atoms with van der Waals surface area (Å²) in [6, 6.07) is 0.496. The van der Waals surface area contributed by atoms with Crippen LogP contribution in [0.15, 0.2) is 24.2 Å². The zero-order valence-corrected chi connectivity index (χ0v) is 13.6. The normalized spacial score (nSPS) is 19.3. The average molecular weight is 305 g/mol. The van der Waals surface area contributed by atoms with Gasteiger partial charge in [0, 0.05) is 24.2 Å². The molecule has 1 heterocycles. The molecule has 1 aromatic rings. The predicted octanol–water partition coefficient (Wildman–Crippen LogP) is 2.93. The zero-order chi connectivity index (χ0) is 16.2. The molecule has 122 valence electrons. The van der Waals surface area contributed by atoms with E-state index >= 15 is 0 Å². The summed E-state index contributed by atoms with van der Waals surface area (Å²) in [4.78, 5) is 15.6. The van der Waals surface area contributed by atoms with E-state index in [1.54, 1.807) is 6.08 Å². The molecule has 1 aromatic heterocycles. The Kier molecular flexibility index (Phi) is 5.40.